The zero-order valence-corrected chi connectivity index (χ0v) is 15.4. The summed E-state index contributed by atoms with van der Waals surface area (Å²) in [6.45, 7) is 0. The van der Waals surface area contributed by atoms with Crippen LogP contribution < -0.4 is 11.3 Å². The lowest BCUT2D eigenvalue weighted by molar-refractivity contribution is 0.0802. The first kappa shape index (κ1) is 17.2. The number of likely N-dealkylation sites (N-methyl/N-ethyl adjacent to an activating group) is 1. The van der Waals surface area contributed by atoms with Gasteiger partial charge < -0.3 is 4.90 Å². The van der Waals surface area contributed by atoms with Crippen LogP contribution in [0.1, 0.15) is 44.1 Å². The fourth-order valence-corrected chi connectivity index (χ4v) is 4.07. The Labute approximate surface area is 142 Å². The Bertz CT molecular complexity index is 422. The molecule has 1 aliphatic rings. The average Bonchev–Trinajstić information content (AvgIpc) is 2.73. The number of nitrogens with one attached hydrogen (secondary N) is 1. The van der Waals surface area contributed by atoms with Crippen molar-refractivity contribution < 1.29 is 0 Å². The van der Waals surface area contributed by atoms with E-state index < -0.39 is 0 Å². The van der Waals surface area contributed by atoms with Gasteiger partial charge in [0.25, 0.3) is 0 Å². The van der Waals surface area contributed by atoms with Gasteiger partial charge in [0.2, 0.25) is 0 Å². The molecule has 0 spiro atoms. The van der Waals surface area contributed by atoms with Gasteiger partial charge in [-0.15, -0.1) is 0 Å². The predicted molar refractivity (Wildman–Crippen MR) is 98.1 cm³/mol. The van der Waals surface area contributed by atoms with Crippen LogP contribution in [0.4, 0.5) is 0 Å². The van der Waals surface area contributed by atoms with E-state index in [2.05, 4.69) is 71.3 Å². The van der Waals surface area contributed by atoms with E-state index in [-0.39, 0.29) is 5.54 Å². The van der Waals surface area contributed by atoms with E-state index in [1.165, 1.54) is 47.7 Å². The smallest absolute Gasteiger partial charge is 0.0434 e. The van der Waals surface area contributed by atoms with Crippen LogP contribution in [-0.2, 0) is 6.42 Å². The number of rotatable bonds is 5. The lowest BCUT2D eigenvalue weighted by Crippen LogP contribution is -2.61. The first-order chi connectivity index (χ1) is 10.1. The minimum Gasteiger partial charge on any atom is -0.302 e. The van der Waals surface area contributed by atoms with Crippen molar-refractivity contribution in [2.45, 2.75) is 56.5 Å². The third-order valence-corrected chi connectivity index (χ3v) is 5.78. The molecule has 0 amide bonds. The molecule has 0 bridgehead atoms. The van der Waals surface area contributed by atoms with E-state index in [1.807, 2.05) is 0 Å². The van der Waals surface area contributed by atoms with Crippen LogP contribution in [0, 0.1) is 3.57 Å². The maximum atomic E-state index is 5.98. The van der Waals surface area contributed by atoms with Crippen molar-refractivity contribution >= 4 is 22.6 Å². The second-order valence-electron chi connectivity index (χ2n) is 6.46. The van der Waals surface area contributed by atoms with Gasteiger partial charge >= 0.3 is 0 Å². The molecule has 1 aromatic carbocycles. The van der Waals surface area contributed by atoms with Crippen LogP contribution in [0.25, 0.3) is 0 Å². The van der Waals surface area contributed by atoms with Gasteiger partial charge in [-0.3, -0.25) is 11.3 Å². The first-order valence-corrected chi connectivity index (χ1v) is 9.04. The minimum atomic E-state index is 0.175. The lowest BCUT2D eigenvalue weighted by atomic mass is 9.79. The zero-order chi connectivity index (χ0) is 15.3. The molecule has 1 aromatic rings. The van der Waals surface area contributed by atoms with Gasteiger partial charge in [-0.2, -0.15) is 0 Å². The largest absolute Gasteiger partial charge is 0.302 e. The number of nitrogens with zero attached hydrogens (tertiary/aromatic N) is 1. The molecule has 1 aliphatic carbocycles. The molecule has 0 aromatic heterocycles. The van der Waals surface area contributed by atoms with Gasteiger partial charge in [-0.1, -0.05) is 37.8 Å². The van der Waals surface area contributed by atoms with Crippen LogP contribution in [0.15, 0.2) is 24.3 Å². The summed E-state index contributed by atoms with van der Waals surface area (Å²) in [5.41, 5.74) is 4.68. The van der Waals surface area contributed by atoms with Crippen molar-refractivity contribution in [1.29, 1.82) is 0 Å². The molecule has 0 saturated heterocycles. The fourth-order valence-electron chi connectivity index (χ4n) is 3.71. The van der Waals surface area contributed by atoms with Crippen LogP contribution in [0.2, 0.25) is 0 Å². The van der Waals surface area contributed by atoms with Gasteiger partial charge in [0.15, 0.2) is 0 Å². The normalized spacial score (nSPS) is 20.2. The molecule has 0 aliphatic heterocycles. The topological polar surface area (TPSA) is 41.3 Å². The first-order valence-electron chi connectivity index (χ1n) is 7.96. The average molecular weight is 401 g/mol. The Balaban J connectivity index is 2.20. The summed E-state index contributed by atoms with van der Waals surface area (Å²) in [6.07, 6.45) is 8.79. The standard InChI is InChI=1S/C17H28IN3/c1-21(2)17(11-5-3-4-6-12-17)16(20-19)13-14-7-9-15(18)10-8-14/h7-10,16,20H,3-6,11-13,19H2,1-2H3. The highest BCUT2D eigenvalue weighted by atomic mass is 127. The summed E-state index contributed by atoms with van der Waals surface area (Å²) in [5, 5.41) is 0. The number of hydrogen-bond donors (Lipinski definition) is 2. The van der Waals surface area contributed by atoms with Crippen LogP contribution >= 0.6 is 22.6 Å². The van der Waals surface area contributed by atoms with Gasteiger partial charge in [0, 0.05) is 15.2 Å². The highest BCUT2D eigenvalue weighted by molar-refractivity contribution is 14.1. The van der Waals surface area contributed by atoms with Crippen molar-refractivity contribution in [3.8, 4) is 0 Å². The van der Waals surface area contributed by atoms with Crippen LogP contribution in [0.5, 0.6) is 0 Å². The van der Waals surface area contributed by atoms with Crippen molar-refractivity contribution in [2.24, 2.45) is 5.84 Å². The zero-order valence-electron chi connectivity index (χ0n) is 13.2. The van der Waals surface area contributed by atoms with Crippen molar-refractivity contribution in [2.75, 3.05) is 14.1 Å². The highest BCUT2D eigenvalue weighted by Crippen LogP contribution is 2.35. The van der Waals surface area contributed by atoms with E-state index in [9.17, 15) is 0 Å². The predicted octanol–water partition coefficient (Wildman–Crippen LogP) is 3.32. The molecule has 4 heteroatoms. The lowest BCUT2D eigenvalue weighted by Gasteiger charge is -2.45. The summed E-state index contributed by atoms with van der Waals surface area (Å²) in [4.78, 5) is 2.41. The third-order valence-electron chi connectivity index (χ3n) is 5.06. The van der Waals surface area contributed by atoms with E-state index in [0.29, 0.717) is 6.04 Å². The molecular formula is C17H28IN3. The van der Waals surface area contributed by atoms with Crippen LogP contribution in [-0.4, -0.2) is 30.6 Å². The monoisotopic (exact) mass is 401 g/mol. The molecule has 1 unspecified atom stereocenters. The Kier molecular flexibility index (Phi) is 6.47. The van der Waals surface area contributed by atoms with E-state index in [4.69, 9.17) is 5.84 Å². The Morgan fingerprint density at radius 1 is 1.14 bits per heavy atom. The van der Waals surface area contributed by atoms with Crippen molar-refractivity contribution in [1.82, 2.24) is 10.3 Å². The molecule has 118 valence electrons. The molecule has 2 rings (SSSR count). The summed E-state index contributed by atoms with van der Waals surface area (Å²) in [7, 11) is 4.42. The molecule has 21 heavy (non-hydrogen) atoms. The van der Waals surface area contributed by atoms with Gasteiger partial charge in [-0.05, 0) is 73.6 Å². The number of hydrazine groups is 1. The third kappa shape index (κ3) is 4.18. The molecule has 3 nitrogen and oxygen atoms in total. The second kappa shape index (κ2) is 7.90. The van der Waals surface area contributed by atoms with Gasteiger partial charge in [0.05, 0.1) is 0 Å². The van der Waals surface area contributed by atoms with E-state index >= 15 is 0 Å². The van der Waals surface area contributed by atoms with Gasteiger partial charge in [0.1, 0.15) is 0 Å². The number of hydrogen-bond acceptors (Lipinski definition) is 3. The van der Waals surface area contributed by atoms with E-state index in [0.717, 1.165) is 6.42 Å². The maximum absolute atomic E-state index is 5.98. The van der Waals surface area contributed by atoms with Crippen molar-refractivity contribution in [3.05, 3.63) is 33.4 Å². The maximum Gasteiger partial charge on any atom is 0.0434 e. The van der Waals surface area contributed by atoms with Gasteiger partial charge in [-0.25, -0.2) is 0 Å². The number of benzene rings is 1. The molecule has 1 fully saturated rings. The highest BCUT2D eigenvalue weighted by Gasteiger charge is 2.40. The summed E-state index contributed by atoms with van der Waals surface area (Å²) < 4.78 is 1.28. The summed E-state index contributed by atoms with van der Waals surface area (Å²) >= 11 is 2.35. The minimum absolute atomic E-state index is 0.175. The molecule has 1 atom stereocenters. The SMILES string of the molecule is CN(C)C1(C(Cc2ccc(I)cc2)NN)CCCCCC1. The Morgan fingerprint density at radius 2 is 1.71 bits per heavy atom. The Morgan fingerprint density at radius 3 is 2.19 bits per heavy atom. The quantitative estimate of drug-likeness (QED) is 0.344. The molecule has 0 heterocycles. The van der Waals surface area contributed by atoms with Crippen molar-refractivity contribution in [3.63, 3.8) is 0 Å². The molecular weight excluding hydrogens is 373 g/mol. The van der Waals surface area contributed by atoms with E-state index in [1.54, 1.807) is 0 Å². The second-order valence-corrected chi connectivity index (χ2v) is 7.71. The molecule has 3 N–H and O–H groups in total. The van der Waals surface area contributed by atoms with Crippen LogP contribution in [0.3, 0.4) is 0 Å². The number of halogens is 1. The molecule has 0 radical (unpaired) electrons. The molecule has 1 saturated carbocycles. The summed E-state index contributed by atoms with van der Waals surface area (Å²) in [6, 6.07) is 9.11. The Hall–Kier alpha value is -0.170. The summed E-state index contributed by atoms with van der Waals surface area (Å²) in [5.74, 6) is 5.98. The number of nitrogens with two attached hydrogens (primary N) is 1. The fraction of sp³-hybridized carbons (Fsp3) is 0.647.